The summed E-state index contributed by atoms with van der Waals surface area (Å²) in [6.07, 6.45) is 1.77. The zero-order valence-corrected chi connectivity index (χ0v) is 9.83. The monoisotopic (exact) mass is 241 g/mol. The summed E-state index contributed by atoms with van der Waals surface area (Å²) in [6, 6.07) is 9.73. The summed E-state index contributed by atoms with van der Waals surface area (Å²) in [6.45, 7) is 0.346. The second kappa shape index (κ2) is 4.54. The number of hydrogen-bond acceptors (Lipinski definition) is 5. The number of methoxy groups -OCH3 is 1. The van der Waals surface area contributed by atoms with E-state index in [4.69, 9.17) is 9.26 Å². The number of nitrogens with zero attached hydrogens (tertiary/aromatic N) is 3. The first-order valence-corrected chi connectivity index (χ1v) is 5.53. The molecule has 90 valence electrons. The average Bonchev–Trinajstić information content (AvgIpc) is 2.87. The molecule has 2 heterocycles. The molecule has 0 saturated heterocycles. The van der Waals surface area contributed by atoms with Gasteiger partial charge in [0.15, 0.2) is 5.82 Å². The largest absolute Gasteiger partial charge is 0.377 e. The average molecular weight is 241 g/mol. The van der Waals surface area contributed by atoms with Crippen LogP contribution in [0.1, 0.15) is 5.82 Å². The predicted octanol–water partition coefficient (Wildman–Crippen LogP) is 2.43. The summed E-state index contributed by atoms with van der Waals surface area (Å²) in [5.41, 5.74) is 1.82. The molecule has 0 radical (unpaired) electrons. The van der Waals surface area contributed by atoms with E-state index in [1.165, 1.54) is 0 Å². The van der Waals surface area contributed by atoms with E-state index in [1.54, 1.807) is 13.3 Å². The quantitative estimate of drug-likeness (QED) is 0.704. The van der Waals surface area contributed by atoms with Crippen molar-refractivity contribution in [3.05, 3.63) is 42.4 Å². The van der Waals surface area contributed by atoms with E-state index >= 15 is 0 Å². The molecule has 3 rings (SSSR count). The molecule has 18 heavy (non-hydrogen) atoms. The Bertz CT molecular complexity index is 679. The number of rotatable bonds is 3. The van der Waals surface area contributed by atoms with Crippen LogP contribution in [0, 0.1) is 0 Å². The van der Waals surface area contributed by atoms with Crippen molar-refractivity contribution in [2.75, 3.05) is 7.11 Å². The fraction of sp³-hybridized carbons (Fsp3) is 0.154. The van der Waals surface area contributed by atoms with Crippen molar-refractivity contribution in [1.82, 2.24) is 15.1 Å². The lowest BCUT2D eigenvalue weighted by Crippen LogP contribution is -1.89. The van der Waals surface area contributed by atoms with Gasteiger partial charge in [-0.25, -0.2) is 0 Å². The van der Waals surface area contributed by atoms with E-state index in [2.05, 4.69) is 15.1 Å². The predicted molar refractivity (Wildman–Crippen MR) is 65.7 cm³/mol. The number of ether oxygens (including phenoxy) is 1. The molecule has 0 amide bonds. The Labute approximate surface area is 103 Å². The first-order valence-electron chi connectivity index (χ1n) is 5.53. The van der Waals surface area contributed by atoms with Gasteiger partial charge in [-0.3, -0.25) is 4.98 Å². The Morgan fingerprint density at radius 3 is 3.11 bits per heavy atom. The van der Waals surface area contributed by atoms with Gasteiger partial charge in [0.25, 0.3) is 5.89 Å². The molecule has 0 aliphatic heterocycles. The van der Waals surface area contributed by atoms with E-state index in [9.17, 15) is 0 Å². The van der Waals surface area contributed by atoms with E-state index in [0.717, 1.165) is 16.5 Å². The highest BCUT2D eigenvalue weighted by Gasteiger charge is 2.09. The lowest BCUT2D eigenvalue weighted by Gasteiger charge is -1.98. The zero-order chi connectivity index (χ0) is 12.4. The minimum Gasteiger partial charge on any atom is -0.377 e. The molecule has 0 spiro atoms. The molecule has 0 N–H and O–H groups in total. The molecular weight excluding hydrogens is 230 g/mol. The van der Waals surface area contributed by atoms with Crippen LogP contribution in [0.25, 0.3) is 22.4 Å². The van der Waals surface area contributed by atoms with Crippen LogP contribution in [0.15, 0.2) is 41.1 Å². The minimum absolute atomic E-state index is 0.346. The second-order valence-electron chi connectivity index (χ2n) is 3.86. The molecule has 5 nitrogen and oxygen atoms in total. The topological polar surface area (TPSA) is 61.0 Å². The maximum atomic E-state index is 5.19. The number of aromatic nitrogens is 3. The molecule has 5 heteroatoms. The Kier molecular flexibility index (Phi) is 2.74. The van der Waals surface area contributed by atoms with Gasteiger partial charge in [0.05, 0.1) is 5.52 Å². The maximum absolute atomic E-state index is 5.19. The summed E-state index contributed by atoms with van der Waals surface area (Å²) in [7, 11) is 1.59. The Morgan fingerprint density at radius 1 is 1.28 bits per heavy atom. The van der Waals surface area contributed by atoms with Gasteiger partial charge in [0.2, 0.25) is 0 Å². The molecule has 0 aliphatic carbocycles. The van der Waals surface area contributed by atoms with Crippen molar-refractivity contribution in [3.8, 4) is 11.5 Å². The van der Waals surface area contributed by atoms with E-state index < -0.39 is 0 Å². The van der Waals surface area contributed by atoms with Crippen molar-refractivity contribution < 1.29 is 9.26 Å². The zero-order valence-electron chi connectivity index (χ0n) is 9.83. The SMILES string of the molecule is COCc1noc(-c2ccc3ncccc3c2)n1. The van der Waals surface area contributed by atoms with Crippen LogP contribution in [0.5, 0.6) is 0 Å². The van der Waals surface area contributed by atoms with E-state index in [0.29, 0.717) is 18.3 Å². The van der Waals surface area contributed by atoms with Crippen LogP contribution in [0.3, 0.4) is 0 Å². The van der Waals surface area contributed by atoms with Crippen molar-refractivity contribution in [2.45, 2.75) is 6.61 Å². The van der Waals surface area contributed by atoms with Gasteiger partial charge in [-0.15, -0.1) is 0 Å². The normalized spacial score (nSPS) is 10.9. The summed E-state index contributed by atoms with van der Waals surface area (Å²) in [5.74, 6) is 1.03. The van der Waals surface area contributed by atoms with Crippen molar-refractivity contribution in [1.29, 1.82) is 0 Å². The highest BCUT2D eigenvalue weighted by molar-refractivity contribution is 5.82. The standard InChI is InChI=1S/C13H11N3O2/c1-17-8-12-15-13(18-16-12)10-4-5-11-9(7-10)3-2-6-14-11/h2-7H,8H2,1H3. The van der Waals surface area contributed by atoms with Crippen LogP contribution in [-0.4, -0.2) is 22.2 Å². The van der Waals surface area contributed by atoms with Crippen LogP contribution < -0.4 is 0 Å². The van der Waals surface area contributed by atoms with Gasteiger partial charge >= 0.3 is 0 Å². The van der Waals surface area contributed by atoms with Crippen LogP contribution in [0.4, 0.5) is 0 Å². The van der Waals surface area contributed by atoms with Gasteiger partial charge in [-0.05, 0) is 24.3 Å². The molecule has 0 bridgehead atoms. The lowest BCUT2D eigenvalue weighted by molar-refractivity contribution is 0.174. The second-order valence-corrected chi connectivity index (χ2v) is 3.86. The van der Waals surface area contributed by atoms with Gasteiger partial charge in [0.1, 0.15) is 6.61 Å². The molecule has 0 unspecified atom stereocenters. The van der Waals surface area contributed by atoms with Crippen molar-refractivity contribution >= 4 is 10.9 Å². The van der Waals surface area contributed by atoms with Crippen LogP contribution >= 0.6 is 0 Å². The highest BCUT2D eigenvalue weighted by Crippen LogP contribution is 2.21. The van der Waals surface area contributed by atoms with Gasteiger partial charge in [-0.1, -0.05) is 11.2 Å². The smallest absolute Gasteiger partial charge is 0.258 e. The third kappa shape index (κ3) is 1.96. The molecular formula is C13H11N3O2. The van der Waals surface area contributed by atoms with Gasteiger partial charge < -0.3 is 9.26 Å². The molecule has 0 atom stereocenters. The van der Waals surface area contributed by atoms with E-state index in [1.807, 2.05) is 30.3 Å². The maximum Gasteiger partial charge on any atom is 0.258 e. The molecule has 2 aromatic heterocycles. The fourth-order valence-corrected chi connectivity index (χ4v) is 1.77. The summed E-state index contributed by atoms with van der Waals surface area (Å²) < 4.78 is 10.1. The summed E-state index contributed by atoms with van der Waals surface area (Å²) >= 11 is 0. The molecule has 0 aliphatic rings. The number of hydrogen-bond donors (Lipinski definition) is 0. The van der Waals surface area contributed by atoms with Gasteiger partial charge in [-0.2, -0.15) is 4.98 Å². The minimum atomic E-state index is 0.346. The Morgan fingerprint density at radius 2 is 2.22 bits per heavy atom. The lowest BCUT2D eigenvalue weighted by atomic mass is 10.1. The van der Waals surface area contributed by atoms with Crippen molar-refractivity contribution in [3.63, 3.8) is 0 Å². The number of fused-ring (bicyclic) bond motifs is 1. The first kappa shape index (κ1) is 10.9. The fourth-order valence-electron chi connectivity index (χ4n) is 1.77. The van der Waals surface area contributed by atoms with E-state index in [-0.39, 0.29) is 0 Å². The van der Waals surface area contributed by atoms with Crippen LogP contribution in [0.2, 0.25) is 0 Å². The molecule has 3 aromatic rings. The van der Waals surface area contributed by atoms with Crippen LogP contribution in [-0.2, 0) is 11.3 Å². The molecule has 0 saturated carbocycles. The Balaban J connectivity index is 2.02. The summed E-state index contributed by atoms with van der Waals surface area (Å²) in [5, 5.41) is 4.88. The molecule has 1 aromatic carbocycles. The van der Waals surface area contributed by atoms with Crippen molar-refractivity contribution in [2.24, 2.45) is 0 Å². The first-order chi connectivity index (χ1) is 8.86. The number of benzene rings is 1. The summed E-state index contributed by atoms with van der Waals surface area (Å²) in [4.78, 5) is 8.52. The van der Waals surface area contributed by atoms with Gasteiger partial charge in [0, 0.05) is 24.3 Å². The third-order valence-electron chi connectivity index (χ3n) is 2.59. The highest BCUT2D eigenvalue weighted by atomic mass is 16.5. The molecule has 0 fully saturated rings. The number of pyridine rings is 1. The Hall–Kier alpha value is -2.27. The third-order valence-corrected chi connectivity index (χ3v) is 2.59.